The summed E-state index contributed by atoms with van der Waals surface area (Å²) in [5.41, 5.74) is 5.81. The van der Waals surface area contributed by atoms with Crippen molar-refractivity contribution in [3.05, 3.63) is 0 Å². The first kappa shape index (κ1) is 11.9. The number of nitrogens with two attached hydrogens (primary N) is 1. The average Bonchev–Trinajstić information content (AvgIpc) is 3.01. The van der Waals surface area contributed by atoms with Crippen molar-refractivity contribution in [2.75, 3.05) is 12.9 Å². The molecule has 2 unspecified atom stereocenters. The van der Waals surface area contributed by atoms with Gasteiger partial charge in [0.1, 0.15) is 5.25 Å². The number of thioether (sulfide) groups is 1. The lowest BCUT2D eigenvalue weighted by Crippen LogP contribution is -2.27. The van der Waals surface area contributed by atoms with E-state index < -0.39 is 0 Å². The molecular formula is C10H19NO2S. The Morgan fingerprint density at radius 3 is 2.71 bits per heavy atom. The SMILES string of the molecule is CCC(N)CSC(C(=O)OC)C1CC1. The second-order valence-corrected chi connectivity index (χ2v) is 4.96. The van der Waals surface area contributed by atoms with Crippen LogP contribution in [-0.2, 0) is 9.53 Å². The molecule has 0 aromatic rings. The zero-order valence-corrected chi connectivity index (χ0v) is 9.68. The van der Waals surface area contributed by atoms with E-state index in [-0.39, 0.29) is 17.3 Å². The Bertz CT molecular complexity index is 195. The Balaban J connectivity index is 2.32. The fourth-order valence-electron chi connectivity index (χ4n) is 1.26. The van der Waals surface area contributed by atoms with Gasteiger partial charge in [-0.05, 0) is 25.2 Å². The van der Waals surface area contributed by atoms with Gasteiger partial charge in [-0.3, -0.25) is 4.79 Å². The zero-order valence-electron chi connectivity index (χ0n) is 8.86. The van der Waals surface area contributed by atoms with Gasteiger partial charge >= 0.3 is 5.97 Å². The molecule has 82 valence electrons. The van der Waals surface area contributed by atoms with Gasteiger partial charge in [0.15, 0.2) is 0 Å². The topological polar surface area (TPSA) is 52.3 Å². The van der Waals surface area contributed by atoms with Crippen LogP contribution in [0, 0.1) is 5.92 Å². The van der Waals surface area contributed by atoms with Crippen LogP contribution in [0.2, 0.25) is 0 Å². The van der Waals surface area contributed by atoms with Gasteiger partial charge in [0, 0.05) is 11.8 Å². The number of methoxy groups -OCH3 is 1. The molecule has 0 radical (unpaired) electrons. The van der Waals surface area contributed by atoms with Crippen LogP contribution >= 0.6 is 11.8 Å². The summed E-state index contributed by atoms with van der Waals surface area (Å²) in [7, 11) is 1.46. The standard InChI is InChI=1S/C10H19NO2S/c1-3-8(11)6-14-9(7-4-5-7)10(12)13-2/h7-9H,3-6,11H2,1-2H3. The molecule has 4 heteroatoms. The Morgan fingerprint density at radius 2 is 2.29 bits per heavy atom. The van der Waals surface area contributed by atoms with E-state index in [0.29, 0.717) is 5.92 Å². The maximum Gasteiger partial charge on any atom is 0.319 e. The summed E-state index contributed by atoms with van der Waals surface area (Å²) in [6.45, 7) is 2.06. The molecule has 1 aliphatic carbocycles. The number of carbonyl (C=O) groups excluding carboxylic acids is 1. The monoisotopic (exact) mass is 217 g/mol. The molecule has 0 bridgehead atoms. The highest BCUT2D eigenvalue weighted by atomic mass is 32.2. The van der Waals surface area contributed by atoms with Gasteiger partial charge in [-0.15, -0.1) is 11.8 Å². The van der Waals surface area contributed by atoms with Crippen LogP contribution in [0.4, 0.5) is 0 Å². The zero-order chi connectivity index (χ0) is 10.6. The van der Waals surface area contributed by atoms with Crippen LogP contribution in [0.5, 0.6) is 0 Å². The van der Waals surface area contributed by atoms with Crippen molar-refractivity contribution in [2.24, 2.45) is 11.7 Å². The first-order valence-electron chi connectivity index (χ1n) is 5.14. The molecule has 14 heavy (non-hydrogen) atoms. The first-order valence-corrected chi connectivity index (χ1v) is 6.19. The molecule has 1 fully saturated rings. The van der Waals surface area contributed by atoms with E-state index in [1.165, 1.54) is 7.11 Å². The minimum Gasteiger partial charge on any atom is -0.468 e. The van der Waals surface area contributed by atoms with Crippen molar-refractivity contribution < 1.29 is 9.53 Å². The lowest BCUT2D eigenvalue weighted by atomic mass is 10.3. The van der Waals surface area contributed by atoms with Crippen molar-refractivity contribution in [3.63, 3.8) is 0 Å². The highest BCUT2D eigenvalue weighted by Gasteiger charge is 2.37. The maximum atomic E-state index is 11.4. The van der Waals surface area contributed by atoms with E-state index in [9.17, 15) is 4.79 Å². The van der Waals surface area contributed by atoms with E-state index >= 15 is 0 Å². The van der Waals surface area contributed by atoms with E-state index in [1.54, 1.807) is 11.8 Å². The van der Waals surface area contributed by atoms with Crippen LogP contribution in [0.15, 0.2) is 0 Å². The molecule has 2 N–H and O–H groups in total. The van der Waals surface area contributed by atoms with Crippen LogP contribution in [-0.4, -0.2) is 30.1 Å². The van der Waals surface area contributed by atoms with Crippen LogP contribution in [0.25, 0.3) is 0 Å². The molecule has 1 saturated carbocycles. The Morgan fingerprint density at radius 1 is 1.64 bits per heavy atom. The highest BCUT2D eigenvalue weighted by molar-refractivity contribution is 8.00. The highest BCUT2D eigenvalue weighted by Crippen LogP contribution is 2.39. The molecule has 0 heterocycles. The van der Waals surface area contributed by atoms with Crippen molar-refractivity contribution in [1.29, 1.82) is 0 Å². The minimum atomic E-state index is -0.0826. The molecule has 2 atom stereocenters. The summed E-state index contributed by atoms with van der Waals surface area (Å²) in [6, 6.07) is 0.200. The molecule has 0 aromatic heterocycles. The quantitative estimate of drug-likeness (QED) is 0.683. The van der Waals surface area contributed by atoms with Gasteiger partial charge in [-0.2, -0.15) is 0 Å². The van der Waals surface area contributed by atoms with E-state index in [2.05, 4.69) is 6.92 Å². The first-order chi connectivity index (χ1) is 6.69. The van der Waals surface area contributed by atoms with Gasteiger partial charge in [0.2, 0.25) is 0 Å². The Kier molecular flexibility index (Phi) is 4.75. The minimum absolute atomic E-state index is 0.0256. The normalized spacial score (nSPS) is 20.2. The molecule has 0 spiro atoms. The Labute approximate surface area is 89.8 Å². The number of rotatable bonds is 6. The van der Waals surface area contributed by atoms with E-state index in [4.69, 9.17) is 10.5 Å². The third-order valence-electron chi connectivity index (χ3n) is 2.50. The molecule has 0 saturated heterocycles. The van der Waals surface area contributed by atoms with Crippen LogP contribution in [0.1, 0.15) is 26.2 Å². The molecule has 0 aliphatic heterocycles. The summed E-state index contributed by atoms with van der Waals surface area (Å²) in [5.74, 6) is 1.31. The smallest absolute Gasteiger partial charge is 0.319 e. The van der Waals surface area contributed by atoms with Crippen molar-refractivity contribution in [2.45, 2.75) is 37.5 Å². The molecule has 0 aromatic carbocycles. The van der Waals surface area contributed by atoms with Crippen molar-refractivity contribution >= 4 is 17.7 Å². The molecule has 0 amide bonds. The summed E-state index contributed by atoms with van der Waals surface area (Å²) >= 11 is 1.66. The predicted molar refractivity (Wildman–Crippen MR) is 59.3 cm³/mol. The predicted octanol–water partition coefficient (Wildman–Crippen LogP) is 1.41. The number of esters is 1. The fourth-order valence-corrected chi connectivity index (χ4v) is 2.72. The number of carbonyl (C=O) groups is 1. The lowest BCUT2D eigenvalue weighted by molar-refractivity contribution is -0.140. The average molecular weight is 217 g/mol. The van der Waals surface area contributed by atoms with Crippen molar-refractivity contribution in [1.82, 2.24) is 0 Å². The third-order valence-corrected chi connectivity index (χ3v) is 4.05. The summed E-state index contributed by atoms with van der Waals surface area (Å²) in [6.07, 6.45) is 3.29. The second-order valence-electron chi connectivity index (χ2n) is 3.78. The maximum absolute atomic E-state index is 11.4. The van der Waals surface area contributed by atoms with E-state index in [1.807, 2.05) is 0 Å². The molecule has 3 nitrogen and oxygen atoms in total. The molecule has 1 rings (SSSR count). The van der Waals surface area contributed by atoms with Gasteiger partial charge in [0.05, 0.1) is 7.11 Å². The van der Waals surface area contributed by atoms with E-state index in [0.717, 1.165) is 25.0 Å². The number of ether oxygens (including phenoxy) is 1. The molecule has 1 aliphatic rings. The molecular weight excluding hydrogens is 198 g/mol. The fraction of sp³-hybridized carbons (Fsp3) is 0.900. The van der Waals surface area contributed by atoms with Gasteiger partial charge in [0.25, 0.3) is 0 Å². The van der Waals surface area contributed by atoms with Crippen LogP contribution < -0.4 is 5.73 Å². The second kappa shape index (κ2) is 5.61. The third kappa shape index (κ3) is 3.50. The summed E-state index contributed by atoms with van der Waals surface area (Å²) < 4.78 is 4.78. The summed E-state index contributed by atoms with van der Waals surface area (Å²) in [5, 5.41) is 0.0256. The largest absolute Gasteiger partial charge is 0.468 e. The van der Waals surface area contributed by atoms with Crippen LogP contribution in [0.3, 0.4) is 0 Å². The van der Waals surface area contributed by atoms with Gasteiger partial charge in [-0.25, -0.2) is 0 Å². The number of hydrogen-bond donors (Lipinski definition) is 1. The van der Waals surface area contributed by atoms with Crippen molar-refractivity contribution in [3.8, 4) is 0 Å². The lowest BCUT2D eigenvalue weighted by Gasteiger charge is -2.15. The van der Waals surface area contributed by atoms with Gasteiger partial charge in [-0.1, -0.05) is 6.92 Å². The summed E-state index contributed by atoms with van der Waals surface area (Å²) in [4.78, 5) is 11.4. The Hall–Kier alpha value is -0.220. The number of hydrogen-bond acceptors (Lipinski definition) is 4. The van der Waals surface area contributed by atoms with Gasteiger partial charge < -0.3 is 10.5 Å².